The number of amides is 1. The number of nitrogens with one attached hydrogen (secondary N) is 1. The number of fused-ring (bicyclic) bond motifs is 2. The lowest BCUT2D eigenvalue weighted by molar-refractivity contribution is -0.140. The quantitative estimate of drug-likeness (QED) is 0.278. The van der Waals surface area contributed by atoms with Crippen LogP contribution in [0.4, 0.5) is 18.9 Å². The van der Waals surface area contributed by atoms with Gasteiger partial charge in [0.25, 0.3) is 11.8 Å². The summed E-state index contributed by atoms with van der Waals surface area (Å²) in [4.78, 5) is 36.5. The molecule has 0 fully saturated rings. The van der Waals surface area contributed by atoms with E-state index >= 15 is 0 Å². The van der Waals surface area contributed by atoms with Gasteiger partial charge in [-0.05, 0) is 60.4 Å². The van der Waals surface area contributed by atoms with E-state index in [2.05, 4.69) is 25.3 Å². The molecular weight excluding hydrogens is 605 g/mol. The molecule has 12 nitrogen and oxygen atoms in total. The highest BCUT2D eigenvalue weighted by Crippen LogP contribution is 2.42. The fourth-order valence-corrected chi connectivity index (χ4v) is 5.97. The van der Waals surface area contributed by atoms with Crippen LogP contribution < -0.4 is 15.4 Å². The number of carbonyl (C=O) groups excluding carboxylic acids is 1. The molecule has 1 aliphatic rings. The highest BCUT2D eigenvalue weighted by molar-refractivity contribution is 6.14. The van der Waals surface area contributed by atoms with Crippen molar-refractivity contribution in [3.63, 3.8) is 0 Å². The first kappa shape index (κ1) is 29.0. The summed E-state index contributed by atoms with van der Waals surface area (Å²) in [7, 11) is 2.91. The maximum absolute atomic E-state index is 14.4. The van der Waals surface area contributed by atoms with E-state index in [1.165, 1.54) is 20.4 Å². The third kappa shape index (κ3) is 4.98. The van der Waals surface area contributed by atoms with Gasteiger partial charge in [-0.15, -0.1) is 5.10 Å². The molecule has 15 heteroatoms. The number of nitrogens with zero attached hydrogens (tertiary/aromatic N) is 7. The number of aromatic nitrogens is 7. The maximum Gasteiger partial charge on any atom is 0.435 e. The number of H-pyrrole nitrogens is 1. The van der Waals surface area contributed by atoms with Crippen molar-refractivity contribution < 1.29 is 27.1 Å². The first-order valence-corrected chi connectivity index (χ1v) is 14.1. The number of anilines is 1. The Morgan fingerprint density at radius 3 is 2.57 bits per heavy atom. The fraction of sp³-hybridized carbons (Fsp3) is 0.226. The van der Waals surface area contributed by atoms with Crippen molar-refractivity contribution in [1.82, 2.24) is 34.5 Å². The Bertz CT molecular complexity index is 2200. The van der Waals surface area contributed by atoms with E-state index in [1.54, 1.807) is 65.4 Å². The summed E-state index contributed by atoms with van der Waals surface area (Å²) in [6, 6.07) is 8.52. The van der Waals surface area contributed by atoms with Crippen LogP contribution in [-0.4, -0.2) is 54.1 Å². The number of halogens is 3. The summed E-state index contributed by atoms with van der Waals surface area (Å²) in [5, 5.41) is 10.5. The molecule has 5 heterocycles. The molecule has 0 radical (unpaired) electrons. The number of methoxy groups -OCH3 is 1. The van der Waals surface area contributed by atoms with Crippen molar-refractivity contribution >= 4 is 22.5 Å². The molecule has 0 saturated carbocycles. The average Bonchev–Trinajstić information content (AvgIpc) is 3.78. The standard InChI is InChI=1S/C31H25F3N8O4/c1-16-8-25(22-11-18(45-3)12-23(26(22)36-16)28-37-38-30(44)46-28)42-6-4-19-20(24-14-40(2)39-27(24)31(32,33)34)9-17(10-21(19)29(42)43)13-41-7-5-35-15-41/h5,7-12,14-15H,4,6,13H2,1-3H3,(H,38,44). The Labute approximate surface area is 258 Å². The zero-order valence-corrected chi connectivity index (χ0v) is 24.7. The first-order valence-electron chi connectivity index (χ1n) is 14.1. The number of pyridine rings is 1. The van der Waals surface area contributed by atoms with Crippen molar-refractivity contribution in [3.8, 4) is 28.3 Å². The third-order valence-electron chi connectivity index (χ3n) is 7.87. The summed E-state index contributed by atoms with van der Waals surface area (Å²) >= 11 is 0. The monoisotopic (exact) mass is 630 g/mol. The molecule has 0 unspecified atom stereocenters. The van der Waals surface area contributed by atoms with Crippen molar-refractivity contribution in [2.75, 3.05) is 18.6 Å². The van der Waals surface area contributed by atoms with Gasteiger partial charge in [-0.3, -0.25) is 14.5 Å². The molecule has 7 rings (SSSR count). The largest absolute Gasteiger partial charge is 0.497 e. The summed E-state index contributed by atoms with van der Waals surface area (Å²) in [5.41, 5.74) is 2.46. The van der Waals surface area contributed by atoms with Crippen molar-refractivity contribution in [1.29, 1.82) is 0 Å². The number of benzene rings is 2. The molecule has 4 aromatic heterocycles. The van der Waals surface area contributed by atoms with Gasteiger partial charge in [0.15, 0.2) is 5.69 Å². The van der Waals surface area contributed by atoms with Crippen LogP contribution in [0.5, 0.6) is 5.75 Å². The molecule has 0 bridgehead atoms. The average molecular weight is 631 g/mol. The SMILES string of the molecule is COc1cc(-c2n[nH]c(=O)o2)c2nc(C)cc(N3CCc4c(cc(Cn5ccnc5)cc4-c4cn(C)nc4C(F)(F)F)C3=O)c2c1. The molecule has 6 aromatic rings. The Morgan fingerprint density at radius 1 is 1.07 bits per heavy atom. The van der Waals surface area contributed by atoms with Gasteiger partial charge in [0.05, 0.1) is 30.2 Å². The maximum atomic E-state index is 14.4. The van der Waals surface area contributed by atoms with Crippen LogP contribution >= 0.6 is 0 Å². The Kier molecular flexibility index (Phi) is 6.76. The zero-order chi connectivity index (χ0) is 32.3. The van der Waals surface area contributed by atoms with Crippen LogP contribution in [0.2, 0.25) is 0 Å². The van der Waals surface area contributed by atoms with E-state index < -0.39 is 23.5 Å². The zero-order valence-electron chi connectivity index (χ0n) is 24.7. The highest BCUT2D eigenvalue weighted by atomic mass is 19.4. The number of imidazole rings is 1. The molecule has 46 heavy (non-hydrogen) atoms. The number of alkyl halides is 3. The Balaban J connectivity index is 1.41. The second-order valence-corrected chi connectivity index (χ2v) is 10.9. The minimum atomic E-state index is -4.70. The van der Waals surface area contributed by atoms with E-state index in [-0.39, 0.29) is 36.5 Å². The highest BCUT2D eigenvalue weighted by Gasteiger charge is 2.39. The molecule has 2 aromatic carbocycles. The molecular formula is C31H25F3N8O4. The van der Waals surface area contributed by atoms with Crippen LogP contribution in [0.25, 0.3) is 33.5 Å². The second kappa shape index (κ2) is 10.7. The van der Waals surface area contributed by atoms with Gasteiger partial charge in [-0.2, -0.15) is 18.3 Å². The fourth-order valence-electron chi connectivity index (χ4n) is 5.97. The lowest BCUT2D eigenvalue weighted by Crippen LogP contribution is -2.38. The summed E-state index contributed by atoms with van der Waals surface area (Å²) < 4.78 is 56.1. The van der Waals surface area contributed by atoms with Gasteiger partial charge in [-0.25, -0.2) is 14.9 Å². The van der Waals surface area contributed by atoms with Crippen LogP contribution in [0, 0.1) is 6.92 Å². The van der Waals surface area contributed by atoms with Gasteiger partial charge in [0, 0.05) is 60.9 Å². The summed E-state index contributed by atoms with van der Waals surface area (Å²) in [6.45, 7) is 2.22. The number of hydrogen-bond donors (Lipinski definition) is 1. The minimum Gasteiger partial charge on any atom is -0.497 e. The normalized spacial score (nSPS) is 13.4. The van der Waals surface area contributed by atoms with Crippen LogP contribution in [0.1, 0.15) is 32.9 Å². The number of aryl methyl sites for hydroxylation is 2. The number of aromatic amines is 1. The Morgan fingerprint density at radius 2 is 1.87 bits per heavy atom. The number of hydrogen-bond acceptors (Lipinski definition) is 8. The lowest BCUT2D eigenvalue weighted by atomic mass is 9.87. The molecule has 0 saturated heterocycles. The van der Waals surface area contributed by atoms with Gasteiger partial charge in [-0.1, -0.05) is 0 Å². The number of carbonyl (C=O) groups is 1. The molecule has 234 valence electrons. The van der Waals surface area contributed by atoms with E-state index in [9.17, 15) is 22.8 Å². The Hall–Kier alpha value is -5.73. The van der Waals surface area contributed by atoms with Gasteiger partial charge in [0.1, 0.15) is 5.75 Å². The van der Waals surface area contributed by atoms with Gasteiger partial charge in [0.2, 0.25) is 0 Å². The topological polar surface area (TPSA) is 137 Å². The van der Waals surface area contributed by atoms with Crippen molar-refractivity contribution in [3.05, 3.63) is 93.9 Å². The first-order chi connectivity index (χ1) is 22.0. The summed E-state index contributed by atoms with van der Waals surface area (Å²) in [5.74, 6) is -0.730. The van der Waals surface area contributed by atoms with Gasteiger partial charge < -0.3 is 18.6 Å². The number of rotatable bonds is 6. The molecule has 1 N–H and O–H groups in total. The molecule has 1 amide bonds. The number of ether oxygens (including phenoxy) is 1. The van der Waals surface area contributed by atoms with Crippen LogP contribution in [0.3, 0.4) is 0 Å². The lowest BCUT2D eigenvalue weighted by Gasteiger charge is -2.31. The predicted octanol–water partition coefficient (Wildman–Crippen LogP) is 4.76. The summed E-state index contributed by atoms with van der Waals surface area (Å²) in [6.07, 6.45) is 1.82. The molecule has 1 aliphatic heterocycles. The minimum absolute atomic E-state index is 0.000934. The van der Waals surface area contributed by atoms with Gasteiger partial charge >= 0.3 is 11.9 Å². The van der Waals surface area contributed by atoms with E-state index in [0.717, 1.165) is 4.68 Å². The van der Waals surface area contributed by atoms with E-state index in [0.29, 0.717) is 50.3 Å². The molecule has 0 aliphatic carbocycles. The van der Waals surface area contributed by atoms with Crippen molar-refractivity contribution in [2.24, 2.45) is 7.05 Å². The van der Waals surface area contributed by atoms with Crippen molar-refractivity contribution in [2.45, 2.75) is 26.1 Å². The molecule has 0 spiro atoms. The third-order valence-corrected chi connectivity index (χ3v) is 7.87. The van der Waals surface area contributed by atoms with E-state index in [4.69, 9.17) is 9.15 Å². The van der Waals surface area contributed by atoms with E-state index in [1.807, 2.05) is 0 Å². The van der Waals surface area contributed by atoms with Crippen LogP contribution in [-0.2, 0) is 26.2 Å². The van der Waals surface area contributed by atoms with Crippen LogP contribution in [0.15, 0.2) is 64.5 Å². The second-order valence-electron chi connectivity index (χ2n) is 10.9. The predicted molar refractivity (Wildman–Crippen MR) is 160 cm³/mol. The smallest absolute Gasteiger partial charge is 0.435 e. The molecule has 0 atom stereocenters.